The summed E-state index contributed by atoms with van der Waals surface area (Å²) in [5.41, 5.74) is 1.79. The van der Waals surface area contributed by atoms with Crippen LogP contribution in [0.25, 0.3) is 0 Å². The normalized spacial score (nSPS) is 22.8. The summed E-state index contributed by atoms with van der Waals surface area (Å²) in [5, 5.41) is 6.44. The van der Waals surface area contributed by atoms with Gasteiger partial charge in [0.2, 0.25) is 0 Å². The first-order valence-electron chi connectivity index (χ1n) is 7.06. The van der Waals surface area contributed by atoms with Gasteiger partial charge in [-0.1, -0.05) is 0 Å². The molecule has 1 saturated carbocycles. The van der Waals surface area contributed by atoms with Crippen LogP contribution in [-0.4, -0.2) is 31.2 Å². The van der Waals surface area contributed by atoms with E-state index < -0.39 is 0 Å². The van der Waals surface area contributed by atoms with Crippen LogP contribution in [0.5, 0.6) is 0 Å². The van der Waals surface area contributed by atoms with Gasteiger partial charge in [-0.05, 0) is 49.9 Å². The second kappa shape index (κ2) is 5.61. The smallest absolute Gasteiger partial charge is 0.251 e. The average Bonchev–Trinajstić information content (AvgIpc) is 3.25. The number of benzene rings is 1. The molecular formula is C15H20N2O2. The quantitative estimate of drug-likeness (QED) is 0.872. The van der Waals surface area contributed by atoms with Crippen LogP contribution in [0, 0.1) is 0 Å². The van der Waals surface area contributed by atoms with Crippen molar-refractivity contribution in [3.63, 3.8) is 0 Å². The zero-order valence-corrected chi connectivity index (χ0v) is 11.0. The number of anilines is 1. The molecule has 19 heavy (non-hydrogen) atoms. The number of carbonyl (C=O) groups is 1. The molecule has 1 atom stereocenters. The van der Waals surface area contributed by atoms with Gasteiger partial charge < -0.3 is 15.4 Å². The summed E-state index contributed by atoms with van der Waals surface area (Å²) < 4.78 is 5.44. The lowest BCUT2D eigenvalue weighted by atomic mass is 10.1. The SMILES string of the molecule is O=C(NC1CC1)c1ccc(NC2CCCOC2)cc1. The Kier molecular flexibility index (Phi) is 3.69. The number of nitrogens with one attached hydrogen (secondary N) is 2. The van der Waals surface area contributed by atoms with E-state index in [1.165, 1.54) is 0 Å². The van der Waals surface area contributed by atoms with Crippen LogP contribution in [0.1, 0.15) is 36.0 Å². The van der Waals surface area contributed by atoms with Crippen LogP contribution in [0.4, 0.5) is 5.69 Å². The molecule has 1 aromatic rings. The molecule has 3 rings (SSSR count). The summed E-state index contributed by atoms with van der Waals surface area (Å²) in [7, 11) is 0. The summed E-state index contributed by atoms with van der Waals surface area (Å²) in [6.07, 6.45) is 4.49. The zero-order valence-electron chi connectivity index (χ0n) is 11.0. The Morgan fingerprint density at radius 2 is 1.89 bits per heavy atom. The molecular weight excluding hydrogens is 240 g/mol. The van der Waals surface area contributed by atoms with Crippen molar-refractivity contribution in [1.82, 2.24) is 5.32 Å². The number of carbonyl (C=O) groups excluding carboxylic acids is 1. The van der Waals surface area contributed by atoms with Gasteiger partial charge in [0.25, 0.3) is 5.91 Å². The molecule has 1 aliphatic carbocycles. The van der Waals surface area contributed by atoms with E-state index in [0.717, 1.165) is 50.1 Å². The topological polar surface area (TPSA) is 50.4 Å². The maximum atomic E-state index is 11.8. The minimum atomic E-state index is 0.0371. The average molecular weight is 260 g/mol. The van der Waals surface area contributed by atoms with Crippen molar-refractivity contribution in [2.45, 2.75) is 37.8 Å². The van der Waals surface area contributed by atoms with Gasteiger partial charge >= 0.3 is 0 Å². The number of amides is 1. The first-order valence-corrected chi connectivity index (χ1v) is 7.06. The van der Waals surface area contributed by atoms with E-state index in [2.05, 4.69) is 10.6 Å². The highest BCUT2D eigenvalue weighted by atomic mass is 16.5. The predicted octanol–water partition coefficient (Wildman–Crippen LogP) is 2.17. The van der Waals surface area contributed by atoms with Gasteiger partial charge in [0, 0.05) is 29.9 Å². The van der Waals surface area contributed by atoms with E-state index >= 15 is 0 Å². The molecule has 1 aromatic carbocycles. The molecule has 4 nitrogen and oxygen atoms in total. The van der Waals surface area contributed by atoms with Gasteiger partial charge in [0.1, 0.15) is 0 Å². The van der Waals surface area contributed by atoms with Gasteiger partial charge in [-0.2, -0.15) is 0 Å². The second-order valence-corrected chi connectivity index (χ2v) is 5.38. The first-order chi connectivity index (χ1) is 9.31. The Balaban J connectivity index is 1.56. The summed E-state index contributed by atoms with van der Waals surface area (Å²) in [4.78, 5) is 11.8. The Hall–Kier alpha value is -1.55. The van der Waals surface area contributed by atoms with Gasteiger partial charge in [0.15, 0.2) is 0 Å². The van der Waals surface area contributed by atoms with E-state index in [9.17, 15) is 4.79 Å². The van der Waals surface area contributed by atoms with Gasteiger partial charge in [-0.3, -0.25) is 4.79 Å². The highest BCUT2D eigenvalue weighted by Gasteiger charge is 2.23. The minimum Gasteiger partial charge on any atom is -0.380 e. The molecule has 1 aliphatic heterocycles. The Morgan fingerprint density at radius 3 is 2.53 bits per heavy atom. The van der Waals surface area contributed by atoms with Crippen LogP contribution in [-0.2, 0) is 4.74 Å². The van der Waals surface area contributed by atoms with Crippen molar-refractivity contribution < 1.29 is 9.53 Å². The third kappa shape index (κ3) is 3.47. The van der Waals surface area contributed by atoms with Crippen LogP contribution in [0.3, 0.4) is 0 Å². The third-order valence-corrected chi connectivity index (χ3v) is 3.59. The van der Waals surface area contributed by atoms with Crippen LogP contribution in [0.15, 0.2) is 24.3 Å². The molecule has 2 fully saturated rings. The Bertz CT molecular complexity index is 434. The van der Waals surface area contributed by atoms with Crippen LogP contribution in [0.2, 0.25) is 0 Å². The van der Waals surface area contributed by atoms with E-state index in [-0.39, 0.29) is 5.91 Å². The van der Waals surface area contributed by atoms with E-state index in [1.807, 2.05) is 24.3 Å². The standard InChI is InChI=1S/C15H20N2O2/c18-15(17-13-7-8-13)11-3-5-12(6-4-11)16-14-2-1-9-19-10-14/h3-6,13-14,16H,1-2,7-10H2,(H,17,18). The van der Waals surface area contributed by atoms with Gasteiger partial charge in [-0.25, -0.2) is 0 Å². The maximum absolute atomic E-state index is 11.8. The van der Waals surface area contributed by atoms with Crippen molar-refractivity contribution in [2.24, 2.45) is 0 Å². The van der Waals surface area contributed by atoms with Crippen LogP contribution >= 0.6 is 0 Å². The lowest BCUT2D eigenvalue weighted by Gasteiger charge is -2.24. The predicted molar refractivity (Wildman–Crippen MR) is 74.4 cm³/mol. The lowest BCUT2D eigenvalue weighted by molar-refractivity contribution is 0.0876. The largest absolute Gasteiger partial charge is 0.380 e. The van der Waals surface area contributed by atoms with E-state index in [1.54, 1.807) is 0 Å². The Morgan fingerprint density at radius 1 is 1.11 bits per heavy atom. The molecule has 0 aromatic heterocycles. The molecule has 1 heterocycles. The summed E-state index contributed by atoms with van der Waals surface area (Å²) in [6, 6.07) is 8.49. The number of ether oxygens (including phenoxy) is 1. The summed E-state index contributed by atoms with van der Waals surface area (Å²) >= 11 is 0. The van der Waals surface area contributed by atoms with Crippen LogP contribution < -0.4 is 10.6 Å². The minimum absolute atomic E-state index is 0.0371. The van der Waals surface area contributed by atoms with Crippen molar-refractivity contribution >= 4 is 11.6 Å². The molecule has 1 amide bonds. The summed E-state index contributed by atoms with van der Waals surface area (Å²) in [6.45, 7) is 1.64. The molecule has 1 unspecified atom stereocenters. The van der Waals surface area contributed by atoms with E-state index in [0.29, 0.717) is 12.1 Å². The van der Waals surface area contributed by atoms with Gasteiger partial charge in [0.05, 0.1) is 6.61 Å². The second-order valence-electron chi connectivity index (χ2n) is 5.38. The molecule has 0 spiro atoms. The number of rotatable bonds is 4. The molecule has 1 saturated heterocycles. The third-order valence-electron chi connectivity index (χ3n) is 3.59. The first kappa shape index (κ1) is 12.5. The van der Waals surface area contributed by atoms with Crippen molar-refractivity contribution in [3.05, 3.63) is 29.8 Å². The molecule has 0 radical (unpaired) electrons. The number of hydrogen-bond donors (Lipinski definition) is 2. The highest BCUT2D eigenvalue weighted by Crippen LogP contribution is 2.20. The lowest BCUT2D eigenvalue weighted by Crippen LogP contribution is -2.30. The highest BCUT2D eigenvalue weighted by molar-refractivity contribution is 5.94. The molecule has 0 bridgehead atoms. The Labute approximate surface area is 113 Å². The fourth-order valence-corrected chi connectivity index (χ4v) is 2.30. The monoisotopic (exact) mass is 260 g/mol. The molecule has 102 valence electrons. The summed E-state index contributed by atoms with van der Waals surface area (Å²) in [5.74, 6) is 0.0371. The van der Waals surface area contributed by atoms with Crippen molar-refractivity contribution in [1.29, 1.82) is 0 Å². The molecule has 2 aliphatic rings. The zero-order chi connectivity index (χ0) is 13.1. The molecule has 2 N–H and O–H groups in total. The van der Waals surface area contributed by atoms with Crippen molar-refractivity contribution in [2.75, 3.05) is 18.5 Å². The maximum Gasteiger partial charge on any atom is 0.251 e. The van der Waals surface area contributed by atoms with E-state index in [4.69, 9.17) is 4.74 Å². The fourth-order valence-electron chi connectivity index (χ4n) is 2.30. The van der Waals surface area contributed by atoms with Crippen molar-refractivity contribution in [3.8, 4) is 0 Å². The van der Waals surface area contributed by atoms with Gasteiger partial charge in [-0.15, -0.1) is 0 Å². The number of hydrogen-bond acceptors (Lipinski definition) is 3. The molecule has 4 heteroatoms. The fraction of sp³-hybridized carbons (Fsp3) is 0.533.